The van der Waals surface area contributed by atoms with Crippen molar-refractivity contribution < 1.29 is 5.11 Å². The Hall–Kier alpha value is -0.300. The standard InChI is InChI=1S/C13H26O/c1-4-6-7-8-9-10-13(14)11-12(3)5-2/h5,12-14H,2,4,6-11H2,1,3H3. The van der Waals surface area contributed by atoms with Gasteiger partial charge in [0.05, 0.1) is 6.10 Å². The van der Waals surface area contributed by atoms with Crippen molar-refractivity contribution >= 4 is 0 Å². The number of aliphatic hydroxyl groups is 1. The van der Waals surface area contributed by atoms with E-state index in [4.69, 9.17) is 0 Å². The highest BCUT2D eigenvalue weighted by molar-refractivity contribution is 4.77. The van der Waals surface area contributed by atoms with E-state index >= 15 is 0 Å². The van der Waals surface area contributed by atoms with Gasteiger partial charge in [-0.15, -0.1) is 6.58 Å². The second-order valence-corrected chi connectivity index (χ2v) is 4.31. The Morgan fingerprint density at radius 1 is 1.21 bits per heavy atom. The average Bonchev–Trinajstić information content (AvgIpc) is 2.17. The second-order valence-electron chi connectivity index (χ2n) is 4.31. The molecule has 0 rings (SSSR count). The van der Waals surface area contributed by atoms with Crippen molar-refractivity contribution in [2.24, 2.45) is 5.92 Å². The summed E-state index contributed by atoms with van der Waals surface area (Å²) >= 11 is 0. The van der Waals surface area contributed by atoms with Gasteiger partial charge in [-0.1, -0.05) is 52.0 Å². The van der Waals surface area contributed by atoms with Crippen LogP contribution in [0.15, 0.2) is 12.7 Å². The molecule has 0 spiro atoms. The molecule has 0 aliphatic carbocycles. The molecule has 0 fully saturated rings. The summed E-state index contributed by atoms with van der Waals surface area (Å²) in [5.41, 5.74) is 0. The van der Waals surface area contributed by atoms with E-state index in [1.54, 1.807) is 0 Å². The molecular weight excluding hydrogens is 172 g/mol. The van der Waals surface area contributed by atoms with Gasteiger partial charge in [-0.25, -0.2) is 0 Å². The van der Waals surface area contributed by atoms with E-state index in [0.29, 0.717) is 5.92 Å². The topological polar surface area (TPSA) is 20.2 Å². The third kappa shape index (κ3) is 8.31. The lowest BCUT2D eigenvalue weighted by Crippen LogP contribution is -2.10. The normalized spacial score (nSPS) is 15.1. The molecule has 1 heteroatoms. The Morgan fingerprint density at radius 2 is 1.86 bits per heavy atom. The van der Waals surface area contributed by atoms with Gasteiger partial charge >= 0.3 is 0 Å². The first-order chi connectivity index (χ1) is 6.70. The number of unbranched alkanes of at least 4 members (excludes halogenated alkanes) is 4. The number of rotatable bonds is 9. The molecule has 0 heterocycles. The largest absolute Gasteiger partial charge is 0.393 e. The summed E-state index contributed by atoms with van der Waals surface area (Å²) in [7, 11) is 0. The molecule has 0 saturated heterocycles. The molecule has 0 aromatic rings. The molecule has 0 aliphatic heterocycles. The highest BCUT2D eigenvalue weighted by Gasteiger charge is 2.06. The predicted molar refractivity (Wildman–Crippen MR) is 63.4 cm³/mol. The van der Waals surface area contributed by atoms with Gasteiger partial charge in [0.2, 0.25) is 0 Å². The molecule has 14 heavy (non-hydrogen) atoms. The van der Waals surface area contributed by atoms with Crippen molar-refractivity contribution in [3.63, 3.8) is 0 Å². The summed E-state index contributed by atoms with van der Waals surface area (Å²) in [5, 5.41) is 9.66. The highest BCUT2D eigenvalue weighted by atomic mass is 16.3. The summed E-state index contributed by atoms with van der Waals surface area (Å²) in [5.74, 6) is 0.445. The van der Waals surface area contributed by atoms with Crippen LogP contribution in [-0.4, -0.2) is 11.2 Å². The summed E-state index contributed by atoms with van der Waals surface area (Å²) < 4.78 is 0. The molecule has 0 aromatic carbocycles. The SMILES string of the molecule is C=CC(C)CC(O)CCCCCCC. The van der Waals surface area contributed by atoms with Crippen LogP contribution in [0.4, 0.5) is 0 Å². The zero-order chi connectivity index (χ0) is 10.8. The Kier molecular flexibility index (Phi) is 9.06. The number of hydrogen-bond donors (Lipinski definition) is 1. The first kappa shape index (κ1) is 13.7. The molecular formula is C13H26O. The number of hydrogen-bond acceptors (Lipinski definition) is 1. The zero-order valence-electron chi connectivity index (χ0n) is 9.84. The molecule has 0 bridgehead atoms. The molecule has 1 nitrogen and oxygen atoms in total. The predicted octanol–water partition coefficient (Wildman–Crippen LogP) is 3.92. The lowest BCUT2D eigenvalue weighted by Gasteiger charge is -2.12. The minimum Gasteiger partial charge on any atom is -0.393 e. The summed E-state index contributed by atoms with van der Waals surface area (Å²) in [6, 6.07) is 0. The van der Waals surface area contributed by atoms with Crippen molar-refractivity contribution in [1.29, 1.82) is 0 Å². The maximum atomic E-state index is 9.66. The molecule has 2 atom stereocenters. The van der Waals surface area contributed by atoms with Crippen LogP contribution < -0.4 is 0 Å². The molecule has 0 amide bonds. The monoisotopic (exact) mass is 198 g/mol. The lowest BCUT2D eigenvalue weighted by atomic mass is 9.99. The van der Waals surface area contributed by atoms with Crippen LogP contribution in [0.1, 0.15) is 58.8 Å². The maximum Gasteiger partial charge on any atom is 0.0545 e. The van der Waals surface area contributed by atoms with Crippen molar-refractivity contribution in [3.8, 4) is 0 Å². The number of allylic oxidation sites excluding steroid dienone is 1. The van der Waals surface area contributed by atoms with Crippen LogP contribution >= 0.6 is 0 Å². The Labute approximate surface area is 89.2 Å². The zero-order valence-corrected chi connectivity index (χ0v) is 9.84. The van der Waals surface area contributed by atoms with Gasteiger partial charge in [0.15, 0.2) is 0 Å². The molecule has 1 N–H and O–H groups in total. The molecule has 2 unspecified atom stereocenters. The molecule has 0 aromatic heterocycles. The average molecular weight is 198 g/mol. The van der Waals surface area contributed by atoms with Crippen molar-refractivity contribution in [3.05, 3.63) is 12.7 Å². The summed E-state index contributed by atoms with van der Waals surface area (Å²) in [6.45, 7) is 8.05. The van der Waals surface area contributed by atoms with Crippen molar-refractivity contribution in [2.45, 2.75) is 64.9 Å². The van der Waals surface area contributed by atoms with Crippen LogP contribution in [0.3, 0.4) is 0 Å². The van der Waals surface area contributed by atoms with Gasteiger partial charge in [0.25, 0.3) is 0 Å². The molecule has 84 valence electrons. The quantitative estimate of drug-likeness (QED) is 0.440. The lowest BCUT2D eigenvalue weighted by molar-refractivity contribution is 0.140. The third-order valence-corrected chi connectivity index (χ3v) is 2.69. The van der Waals surface area contributed by atoms with Crippen molar-refractivity contribution in [1.82, 2.24) is 0 Å². The van der Waals surface area contributed by atoms with Crippen molar-refractivity contribution in [2.75, 3.05) is 0 Å². The fourth-order valence-electron chi connectivity index (χ4n) is 1.63. The van der Waals surface area contributed by atoms with E-state index in [2.05, 4.69) is 20.4 Å². The minimum absolute atomic E-state index is 0.121. The Morgan fingerprint density at radius 3 is 2.43 bits per heavy atom. The first-order valence-electron chi connectivity index (χ1n) is 6.01. The van der Waals surface area contributed by atoms with Gasteiger partial charge < -0.3 is 5.11 Å². The molecule has 0 aliphatic rings. The molecule has 0 radical (unpaired) electrons. The van der Waals surface area contributed by atoms with E-state index in [1.807, 2.05) is 6.08 Å². The fraction of sp³-hybridized carbons (Fsp3) is 0.846. The Balaban J connectivity index is 3.26. The van der Waals surface area contributed by atoms with Crippen LogP contribution in [-0.2, 0) is 0 Å². The van der Waals surface area contributed by atoms with Crippen LogP contribution in [0, 0.1) is 5.92 Å². The van der Waals surface area contributed by atoms with Gasteiger partial charge in [0.1, 0.15) is 0 Å². The van der Waals surface area contributed by atoms with E-state index < -0.39 is 0 Å². The first-order valence-corrected chi connectivity index (χ1v) is 6.01. The minimum atomic E-state index is -0.121. The second kappa shape index (κ2) is 9.26. The number of aliphatic hydroxyl groups excluding tert-OH is 1. The highest BCUT2D eigenvalue weighted by Crippen LogP contribution is 2.13. The van der Waals surface area contributed by atoms with E-state index in [-0.39, 0.29) is 6.10 Å². The third-order valence-electron chi connectivity index (χ3n) is 2.69. The van der Waals surface area contributed by atoms with Gasteiger partial charge in [-0.05, 0) is 18.8 Å². The van der Waals surface area contributed by atoms with Crippen LogP contribution in [0.2, 0.25) is 0 Å². The fourth-order valence-corrected chi connectivity index (χ4v) is 1.63. The Bertz CT molecular complexity index is 131. The van der Waals surface area contributed by atoms with Gasteiger partial charge in [-0.2, -0.15) is 0 Å². The van der Waals surface area contributed by atoms with Gasteiger partial charge in [-0.3, -0.25) is 0 Å². The maximum absolute atomic E-state index is 9.66. The van der Waals surface area contributed by atoms with E-state index in [1.165, 1.54) is 32.1 Å². The van der Waals surface area contributed by atoms with E-state index in [9.17, 15) is 5.11 Å². The van der Waals surface area contributed by atoms with Crippen LogP contribution in [0.5, 0.6) is 0 Å². The van der Waals surface area contributed by atoms with Crippen LogP contribution in [0.25, 0.3) is 0 Å². The molecule has 0 saturated carbocycles. The van der Waals surface area contributed by atoms with E-state index in [0.717, 1.165) is 12.8 Å². The smallest absolute Gasteiger partial charge is 0.0545 e. The summed E-state index contributed by atoms with van der Waals surface area (Å²) in [4.78, 5) is 0. The van der Waals surface area contributed by atoms with Gasteiger partial charge in [0, 0.05) is 0 Å². The summed E-state index contributed by atoms with van der Waals surface area (Å²) in [6.07, 6.45) is 10.0.